The molecule has 0 aromatic carbocycles. The highest BCUT2D eigenvalue weighted by Gasteiger charge is 2.37. The monoisotopic (exact) mass is 323 g/mol. The molecule has 0 radical (unpaired) electrons. The fraction of sp³-hybridized carbons (Fsp3) is 0.667. The average molecular weight is 324 g/mol. The smallest absolute Gasteiger partial charge is 0.252 e. The first-order chi connectivity index (χ1) is 8.91. The standard InChI is InChI=1S/C12H18ClNO3S2/c1-12(17-2)6-3-7-14(9-12)19(15,16)11-5-4-10(8-13)18-11/h4-5H,3,6-9H2,1-2H3. The second-order valence-corrected chi connectivity index (χ2v) is 8.55. The van der Waals surface area contributed by atoms with Gasteiger partial charge in [0.1, 0.15) is 4.21 Å². The van der Waals surface area contributed by atoms with Gasteiger partial charge in [0.15, 0.2) is 0 Å². The minimum absolute atomic E-state index is 0.343. The number of halogens is 1. The van der Waals surface area contributed by atoms with Crippen molar-refractivity contribution in [1.82, 2.24) is 4.31 Å². The van der Waals surface area contributed by atoms with Crippen LogP contribution in [0, 0.1) is 0 Å². The van der Waals surface area contributed by atoms with Crippen LogP contribution in [0.5, 0.6) is 0 Å². The molecule has 1 aliphatic rings. The van der Waals surface area contributed by atoms with Crippen molar-refractivity contribution in [2.45, 2.75) is 35.5 Å². The van der Waals surface area contributed by atoms with Gasteiger partial charge >= 0.3 is 0 Å². The van der Waals surface area contributed by atoms with Gasteiger partial charge in [-0.05, 0) is 31.9 Å². The van der Waals surface area contributed by atoms with Crippen LogP contribution in [-0.2, 0) is 20.6 Å². The molecule has 0 saturated carbocycles. The minimum Gasteiger partial charge on any atom is -0.377 e. The van der Waals surface area contributed by atoms with Gasteiger partial charge in [0.2, 0.25) is 0 Å². The molecule has 1 atom stereocenters. The van der Waals surface area contributed by atoms with Gasteiger partial charge in [-0.3, -0.25) is 0 Å². The summed E-state index contributed by atoms with van der Waals surface area (Å²) >= 11 is 6.96. The number of nitrogens with zero attached hydrogens (tertiary/aromatic N) is 1. The molecule has 2 heterocycles. The second kappa shape index (κ2) is 5.69. The van der Waals surface area contributed by atoms with Crippen LogP contribution in [0.3, 0.4) is 0 Å². The lowest BCUT2D eigenvalue weighted by atomic mass is 9.96. The second-order valence-electron chi connectivity index (χ2n) is 4.95. The molecule has 0 aliphatic carbocycles. The van der Waals surface area contributed by atoms with Crippen LogP contribution in [0.25, 0.3) is 0 Å². The molecule has 7 heteroatoms. The predicted molar refractivity (Wildman–Crippen MR) is 77.3 cm³/mol. The largest absolute Gasteiger partial charge is 0.377 e. The number of ether oxygens (including phenoxy) is 1. The van der Waals surface area contributed by atoms with E-state index in [9.17, 15) is 8.42 Å². The Morgan fingerprint density at radius 3 is 2.84 bits per heavy atom. The third-order valence-corrected chi connectivity index (χ3v) is 7.32. The molecular weight excluding hydrogens is 306 g/mol. The van der Waals surface area contributed by atoms with E-state index in [1.807, 2.05) is 6.92 Å². The number of piperidine rings is 1. The SMILES string of the molecule is COC1(C)CCCN(S(=O)(=O)c2ccc(CCl)s2)C1. The Labute approximate surface area is 123 Å². The van der Waals surface area contributed by atoms with Gasteiger partial charge in [-0.1, -0.05) is 0 Å². The molecular formula is C12H18ClNO3S2. The van der Waals surface area contributed by atoms with Crippen LogP contribution in [0.2, 0.25) is 0 Å². The van der Waals surface area contributed by atoms with E-state index in [1.165, 1.54) is 15.6 Å². The number of thiophene rings is 1. The van der Waals surface area contributed by atoms with Crippen molar-refractivity contribution in [1.29, 1.82) is 0 Å². The number of hydrogen-bond donors (Lipinski definition) is 0. The molecule has 1 aliphatic heterocycles. The Balaban J connectivity index is 2.24. The topological polar surface area (TPSA) is 46.6 Å². The highest BCUT2D eigenvalue weighted by atomic mass is 35.5. The third-order valence-electron chi connectivity index (χ3n) is 3.48. The van der Waals surface area contributed by atoms with Crippen LogP contribution in [0.15, 0.2) is 16.3 Å². The molecule has 1 saturated heterocycles. The fourth-order valence-electron chi connectivity index (χ4n) is 2.23. The summed E-state index contributed by atoms with van der Waals surface area (Å²) in [5.74, 6) is 0.343. The van der Waals surface area contributed by atoms with E-state index in [1.54, 1.807) is 19.2 Å². The van der Waals surface area contributed by atoms with Gasteiger partial charge in [0.25, 0.3) is 10.0 Å². The maximum atomic E-state index is 12.6. The molecule has 2 rings (SSSR count). The zero-order valence-corrected chi connectivity index (χ0v) is 13.4. The van der Waals surface area contributed by atoms with Gasteiger partial charge in [-0.2, -0.15) is 4.31 Å². The summed E-state index contributed by atoms with van der Waals surface area (Å²) < 4.78 is 32.4. The van der Waals surface area contributed by atoms with Crippen molar-refractivity contribution >= 4 is 33.0 Å². The number of methoxy groups -OCH3 is 1. The fourth-order valence-corrected chi connectivity index (χ4v) is 5.43. The van der Waals surface area contributed by atoms with Crippen LogP contribution in [-0.4, -0.2) is 38.5 Å². The number of hydrogen-bond acceptors (Lipinski definition) is 4. The van der Waals surface area contributed by atoms with Crippen molar-refractivity contribution in [3.63, 3.8) is 0 Å². The predicted octanol–water partition coefficient (Wildman–Crippen LogP) is 2.68. The molecule has 1 aromatic heterocycles. The first kappa shape index (κ1) is 15.3. The summed E-state index contributed by atoms with van der Waals surface area (Å²) in [6, 6.07) is 3.40. The van der Waals surface area contributed by atoms with Crippen LogP contribution >= 0.6 is 22.9 Å². The van der Waals surface area contributed by atoms with E-state index < -0.39 is 15.6 Å². The summed E-state index contributed by atoms with van der Waals surface area (Å²) in [6.07, 6.45) is 1.70. The Hall–Kier alpha value is -0.140. The first-order valence-corrected chi connectivity index (χ1v) is 8.90. The Bertz CT molecular complexity index is 543. The normalized spacial score (nSPS) is 25.6. The molecule has 1 unspecified atom stereocenters. The zero-order valence-electron chi connectivity index (χ0n) is 11.1. The third kappa shape index (κ3) is 3.13. The minimum atomic E-state index is -3.42. The summed E-state index contributed by atoms with van der Waals surface area (Å²) in [5, 5.41) is 0. The lowest BCUT2D eigenvalue weighted by molar-refractivity contribution is -0.0319. The quantitative estimate of drug-likeness (QED) is 0.800. The first-order valence-electron chi connectivity index (χ1n) is 6.11. The van der Waals surface area contributed by atoms with E-state index in [2.05, 4.69) is 0 Å². The van der Waals surface area contributed by atoms with Crippen LogP contribution < -0.4 is 0 Å². The lowest BCUT2D eigenvalue weighted by Gasteiger charge is -2.38. The molecule has 0 bridgehead atoms. The zero-order chi connectivity index (χ0) is 14.1. The molecule has 1 aromatic rings. The number of rotatable bonds is 4. The maximum absolute atomic E-state index is 12.6. The molecule has 1 fully saturated rings. The van der Waals surface area contributed by atoms with Gasteiger partial charge in [0.05, 0.1) is 11.5 Å². The lowest BCUT2D eigenvalue weighted by Crippen LogP contribution is -2.49. The molecule has 0 amide bonds. The summed E-state index contributed by atoms with van der Waals surface area (Å²) in [6.45, 7) is 2.91. The highest BCUT2D eigenvalue weighted by molar-refractivity contribution is 7.91. The summed E-state index contributed by atoms with van der Waals surface area (Å²) in [4.78, 5) is 0.867. The van der Waals surface area contributed by atoms with Crippen LogP contribution in [0.4, 0.5) is 0 Å². The Morgan fingerprint density at radius 2 is 2.26 bits per heavy atom. The van der Waals surface area contributed by atoms with E-state index >= 15 is 0 Å². The van der Waals surface area contributed by atoms with Gasteiger partial charge in [0, 0.05) is 25.1 Å². The molecule has 4 nitrogen and oxygen atoms in total. The average Bonchev–Trinajstić information content (AvgIpc) is 2.88. The highest BCUT2D eigenvalue weighted by Crippen LogP contribution is 2.31. The van der Waals surface area contributed by atoms with Crippen LogP contribution in [0.1, 0.15) is 24.6 Å². The van der Waals surface area contributed by atoms with Gasteiger partial charge in [-0.25, -0.2) is 8.42 Å². The summed E-state index contributed by atoms with van der Waals surface area (Å²) in [5.41, 5.74) is -0.391. The van der Waals surface area contributed by atoms with E-state index in [-0.39, 0.29) is 0 Å². The van der Waals surface area contributed by atoms with Crippen molar-refractivity contribution in [3.8, 4) is 0 Å². The van der Waals surface area contributed by atoms with Crippen molar-refractivity contribution in [2.75, 3.05) is 20.2 Å². The molecule has 0 spiro atoms. The van der Waals surface area contributed by atoms with Crippen molar-refractivity contribution in [2.24, 2.45) is 0 Å². The van der Waals surface area contributed by atoms with E-state index in [0.29, 0.717) is 23.2 Å². The Kier molecular flexibility index (Phi) is 4.57. The van der Waals surface area contributed by atoms with E-state index in [4.69, 9.17) is 16.3 Å². The van der Waals surface area contributed by atoms with Gasteiger partial charge < -0.3 is 4.74 Å². The number of alkyl halides is 1. The molecule has 108 valence electrons. The van der Waals surface area contributed by atoms with E-state index in [0.717, 1.165) is 17.7 Å². The van der Waals surface area contributed by atoms with Crippen molar-refractivity contribution < 1.29 is 13.2 Å². The summed E-state index contributed by atoms with van der Waals surface area (Å²) in [7, 11) is -1.79. The van der Waals surface area contributed by atoms with Crippen molar-refractivity contribution in [3.05, 3.63) is 17.0 Å². The molecule has 0 N–H and O–H groups in total. The molecule has 19 heavy (non-hydrogen) atoms. The number of sulfonamides is 1. The Morgan fingerprint density at radius 1 is 1.53 bits per heavy atom. The van der Waals surface area contributed by atoms with Gasteiger partial charge in [-0.15, -0.1) is 22.9 Å². The maximum Gasteiger partial charge on any atom is 0.252 e.